The van der Waals surface area contributed by atoms with Gasteiger partial charge in [0, 0.05) is 16.5 Å². The van der Waals surface area contributed by atoms with Crippen LogP contribution in [0.5, 0.6) is 0 Å². The molecule has 4 rings (SSSR count). The molecule has 1 aromatic heterocycles. The average Bonchev–Trinajstić information content (AvgIpc) is 3.01. The summed E-state index contributed by atoms with van der Waals surface area (Å²) in [6, 6.07) is 7.51. The Labute approximate surface area is 122 Å². The number of aromatic nitrogens is 1. The lowest BCUT2D eigenvalue weighted by Crippen LogP contribution is -2.25. The zero-order valence-electron chi connectivity index (χ0n) is 11.2. The summed E-state index contributed by atoms with van der Waals surface area (Å²) >= 11 is 1.76. The van der Waals surface area contributed by atoms with E-state index < -0.39 is 0 Å². The molecule has 2 aliphatic carbocycles. The highest BCUT2D eigenvalue weighted by atomic mass is 32.1. The van der Waals surface area contributed by atoms with Crippen LogP contribution in [0, 0.1) is 5.82 Å². The van der Waals surface area contributed by atoms with Crippen molar-refractivity contribution in [2.45, 2.75) is 44.2 Å². The van der Waals surface area contributed by atoms with E-state index in [1.54, 1.807) is 17.4 Å². The topological polar surface area (TPSA) is 24.9 Å². The van der Waals surface area contributed by atoms with Gasteiger partial charge in [-0.15, -0.1) is 11.3 Å². The second-order valence-corrected chi connectivity index (χ2v) is 6.79. The predicted molar refractivity (Wildman–Crippen MR) is 78.5 cm³/mol. The maximum atomic E-state index is 14.1. The Morgan fingerprint density at radius 3 is 2.85 bits per heavy atom. The molecule has 2 nitrogen and oxygen atoms in total. The Morgan fingerprint density at radius 2 is 2.10 bits per heavy atom. The molecule has 1 saturated carbocycles. The molecular weight excluding hydrogens is 271 g/mol. The molecule has 4 heteroatoms. The van der Waals surface area contributed by atoms with Gasteiger partial charge in [0.1, 0.15) is 10.8 Å². The summed E-state index contributed by atoms with van der Waals surface area (Å²) in [6.07, 6.45) is 5.82. The standard InChI is InChI=1S/C16H17FN2S/c17-12-5-2-1-4-11(12)15(18-10-8-9-10)16-19-13-6-3-7-14(13)20-16/h1-2,4-5,10,15,18H,3,6-9H2. The van der Waals surface area contributed by atoms with Crippen molar-refractivity contribution < 1.29 is 4.39 Å². The molecule has 0 bridgehead atoms. The lowest BCUT2D eigenvalue weighted by Gasteiger charge is -2.17. The summed E-state index contributed by atoms with van der Waals surface area (Å²) < 4.78 is 14.1. The van der Waals surface area contributed by atoms with E-state index in [0.717, 1.165) is 23.4 Å². The molecule has 1 fully saturated rings. The molecule has 1 aromatic carbocycles. The van der Waals surface area contributed by atoms with Gasteiger partial charge in [-0.25, -0.2) is 9.37 Å². The Balaban J connectivity index is 1.72. The summed E-state index contributed by atoms with van der Waals surface area (Å²) in [6.45, 7) is 0. The van der Waals surface area contributed by atoms with Crippen LogP contribution in [0.1, 0.15) is 46.4 Å². The third-order valence-corrected chi connectivity index (χ3v) is 5.28. The zero-order chi connectivity index (χ0) is 13.5. The van der Waals surface area contributed by atoms with Crippen LogP contribution in [0.15, 0.2) is 24.3 Å². The monoisotopic (exact) mass is 288 g/mol. The van der Waals surface area contributed by atoms with Gasteiger partial charge in [-0.1, -0.05) is 18.2 Å². The van der Waals surface area contributed by atoms with E-state index in [9.17, 15) is 4.39 Å². The third-order valence-electron chi connectivity index (χ3n) is 4.06. The molecule has 1 atom stereocenters. The first-order valence-corrected chi connectivity index (χ1v) is 8.12. The Kier molecular flexibility index (Phi) is 3.08. The maximum Gasteiger partial charge on any atom is 0.128 e. The quantitative estimate of drug-likeness (QED) is 0.929. The summed E-state index contributed by atoms with van der Waals surface area (Å²) in [5.74, 6) is -0.138. The smallest absolute Gasteiger partial charge is 0.128 e. The van der Waals surface area contributed by atoms with Gasteiger partial charge < -0.3 is 5.32 Å². The van der Waals surface area contributed by atoms with Crippen LogP contribution in [0.2, 0.25) is 0 Å². The molecule has 0 aliphatic heterocycles. The lowest BCUT2D eigenvalue weighted by molar-refractivity contribution is 0.544. The molecule has 1 heterocycles. The molecule has 0 radical (unpaired) electrons. The van der Waals surface area contributed by atoms with Gasteiger partial charge >= 0.3 is 0 Å². The Bertz CT molecular complexity index is 612. The number of benzene rings is 1. The van der Waals surface area contributed by atoms with Crippen LogP contribution < -0.4 is 5.32 Å². The van der Waals surface area contributed by atoms with Crippen molar-refractivity contribution in [2.75, 3.05) is 0 Å². The van der Waals surface area contributed by atoms with Crippen LogP contribution >= 0.6 is 11.3 Å². The van der Waals surface area contributed by atoms with E-state index >= 15 is 0 Å². The van der Waals surface area contributed by atoms with Crippen molar-refractivity contribution in [3.63, 3.8) is 0 Å². The first kappa shape index (κ1) is 12.5. The Morgan fingerprint density at radius 1 is 1.25 bits per heavy atom. The molecule has 2 aliphatic rings. The van der Waals surface area contributed by atoms with Crippen LogP contribution in [0.25, 0.3) is 0 Å². The van der Waals surface area contributed by atoms with Gasteiger partial charge in [-0.2, -0.15) is 0 Å². The number of nitrogens with zero attached hydrogens (tertiary/aromatic N) is 1. The van der Waals surface area contributed by atoms with Crippen molar-refractivity contribution in [2.24, 2.45) is 0 Å². The first-order valence-electron chi connectivity index (χ1n) is 7.30. The van der Waals surface area contributed by atoms with Gasteiger partial charge in [-0.3, -0.25) is 0 Å². The summed E-state index contributed by atoms with van der Waals surface area (Å²) in [5.41, 5.74) is 1.97. The lowest BCUT2D eigenvalue weighted by atomic mass is 10.1. The number of hydrogen-bond acceptors (Lipinski definition) is 3. The highest BCUT2D eigenvalue weighted by molar-refractivity contribution is 7.11. The second-order valence-electron chi connectivity index (χ2n) is 5.67. The van der Waals surface area contributed by atoms with Gasteiger partial charge in [0.15, 0.2) is 0 Å². The van der Waals surface area contributed by atoms with E-state index in [1.165, 1.54) is 35.9 Å². The van der Waals surface area contributed by atoms with Crippen LogP contribution in [-0.4, -0.2) is 11.0 Å². The van der Waals surface area contributed by atoms with Gasteiger partial charge in [0.25, 0.3) is 0 Å². The van der Waals surface area contributed by atoms with E-state index in [1.807, 2.05) is 12.1 Å². The van der Waals surface area contributed by atoms with Crippen molar-refractivity contribution in [3.8, 4) is 0 Å². The molecule has 1 N–H and O–H groups in total. The summed E-state index contributed by atoms with van der Waals surface area (Å²) in [4.78, 5) is 6.18. The van der Waals surface area contributed by atoms with Crippen LogP contribution in [0.4, 0.5) is 4.39 Å². The van der Waals surface area contributed by atoms with Crippen molar-refractivity contribution >= 4 is 11.3 Å². The Hall–Kier alpha value is -1.26. The fraction of sp³-hybridized carbons (Fsp3) is 0.438. The minimum Gasteiger partial charge on any atom is -0.301 e. The zero-order valence-corrected chi connectivity index (χ0v) is 12.0. The molecule has 2 aromatic rings. The van der Waals surface area contributed by atoms with Crippen molar-refractivity contribution in [1.82, 2.24) is 10.3 Å². The van der Waals surface area contributed by atoms with E-state index in [2.05, 4.69) is 5.32 Å². The first-order chi connectivity index (χ1) is 9.81. The molecule has 20 heavy (non-hydrogen) atoms. The molecule has 0 spiro atoms. The number of aryl methyl sites for hydroxylation is 2. The number of rotatable bonds is 4. The normalized spacial score (nSPS) is 19.1. The number of thiazole rings is 1. The van der Waals surface area contributed by atoms with Crippen molar-refractivity contribution in [1.29, 1.82) is 0 Å². The highest BCUT2D eigenvalue weighted by Crippen LogP contribution is 2.36. The number of nitrogens with one attached hydrogen (secondary N) is 1. The maximum absolute atomic E-state index is 14.1. The number of hydrogen-bond donors (Lipinski definition) is 1. The summed E-state index contributed by atoms with van der Waals surface area (Å²) in [5, 5.41) is 4.59. The minimum atomic E-state index is -0.138. The molecule has 0 amide bonds. The molecule has 0 saturated heterocycles. The average molecular weight is 288 g/mol. The van der Waals surface area contributed by atoms with Crippen LogP contribution in [0.3, 0.4) is 0 Å². The SMILES string of the molecule is Fc1ccccc1C(NC1CC1)c1nc2c(s1)CCC2. The molecule has 104 valence electrons. The number of fused-ring (bicyclic) bond motifs is 1. The van der Waals surface area contributed by atoms with E-state index in [4.69, 9.17) is 4.98 Å². The van der Waals surface area contributed by atoms with E-state index in [-0.39, 0.29) is 11.9 Å². The molecule has 1 unspecified atom stereocenters. The van der Waals surface area contributed by atoms with Crippen molar-refractivity contribution in [3.05, 3.63) is 51.2 Å². The van der Waals surface area contributed by atoms with Crippen LogP contribution in [-0.2, 0) is 12.8 Å². The molecular formula is C16H17FN2S. The number of halogens is 1. The highest BCUT2D eigenvalue weighted by Gasteiger charge is 2.30. The minimum absolute atomic E-state index is 0.0840. The summed E-state index contributed by atoms with van der Waals surface area (Å²) in [7, 11) is 0. The third kappa shape index (κ3) is 2.27. The predicted octanol–water partition coefficient (Wildman–Crippen LogP) is 3.61. The van der Waals surface area contributed by atoms with Gasteiger partial charge in [-0.05, 0) is 38.2 Å². The largest absolute Gasteiger partial charge is 0.301 e. The fourth-order valence-electron chi connectivity index (χ4n) is 2.82. The fourth-order valence-corrected chi connectivity index (χ4v) is 4.06. The van der Waals surface area contributed by atoms with Gasteiger partial charge in [0.05, 0.1) is 11.7 Å². The second kappa shape index (κ2) is 4.93. The van der Waals surface area contributed by atoms with E-state index in [0.29, 0.717) is 6.04 Å². The van der Waals surface area contributed by atoms with Gasteiger partial charge in [0.2, 0.25) is 0 Å².